The maximum atomic E-state index is 12.1. The van der Waals surface area contributed by atoms with Crippen LogP contribution < -0.4 is 5.32 Å². The number of amides is 1. The number of hydrogen-bond acceptors (Lipinski definition) is 4. The van der Waals surface area contributed by atoms with Gasteiger partial charge >= 0.3 is 5.97 Å². The number of likely N-dealkylation sites (tertiary alicyclic amines) is 1. The average Bonchev–Trinajstić information content (AvgIpc) is 2.49. The Kier molecular flexibility index (Phi) is 5.27. The number of carbonyl (C=O) groups excluding carboxylic acids is 1. The lowest BCUT2D eigenvalue weighted by atomic mass is 9.97. The number of piperidine rings is 1. The maximum Gasteiger partial charge on any atom is 0.335 e. The van der Waals surface area contributed by atoms with Crippen molar-refractivity contribution in [3.8, 4) is 0 Å². The number of aromatic carboxylic acids is 1. The van der Waals surface area contributed by atoms with Gasteiger partial charge in [0.2, 0.25) is 5.91 Å². The second-order valence-electron chi connectivity index (χ2n) is 5.23. The fraction of sp³-hybridized carbons (Fsp3) is 0.533. The van der Waals surface area contributed by atoms with Gasteiger partial charge in [-0.1, -0.05) is 0 Å². The number of carboxylic acid groups (broad SMARTS) is 1. The summed E-state index contributed by atoms with van der Waals surface area (Å²) in [4.78, 5) is 29.0. The topological polar surface area (TPSA) is 82.5 Å². The van der Waals surface area contributed by atoms with E-state index in [1.165, 1.54) is 12.3 Å². The lowest BCUT2D eigenvalue weighted by Crippen LogP contribution is -2.44. The quantitative estimate of drug-likeness (QED) is 0.821. The molecular weight excluding hydrogens is 270 g/mol. The highest BCUT2D eigenvalue weighted by Crippen LogP contribution is 2.17. The summed E-state index contributed by atoms with van der Waals surface area (Å²) in [5.41, 5.74) is 0.901. The molecule has 0 bridgehead atoms. The van der Waals surface area contributed by atoms with E-state index in [-0.39, 0.29) is 17.4 Å². The molecule has 1 aromatic heterocycles. The Bertz CT molecular complexity index is 519. The standard InChI is InChI=1S/C15H21N3O3/c1-2-18-7-3-4-12(14(18)19)9-16-10-13-8-11(15(20)21)5-6-17-13/h5-6,8,12,16H,2-4,7,9-10H2,1H3,(H,20,21). The molecule has 2 rings (SSSR count). The molecule has 6 heteroatoms. The van der Waals surface area contributed by atoms with Gasteiger partial charge in [-0.25, -0.2) is 4.79 Å². The van der Waals surface area contributed by atoms with Gasteiger partial charge in [-0.3, -0.25) is 9.78 Å². The Hall–Kier alpha value is -1.95. The van der Waals surface area contributed by atoms with Crippen LogP contribution in [0, 0.1) is 5.92 Å². The number of nitrogens with zero attached hydrogens (tertiary/aromatic N) is 2. The van der Waals surface area contributed by atoms with Gasteiger partial charge in [0.1, 0.15) is 0 Å². The van der Waals surface area contributed by atoms with Crippen LogP contribution in [0.3, 0.4) is 0 Å². The smallest absolute Gasteiger partial charge is 0.335 e. The molecule has 0 aromatic carbocycles. The lowest BCUT2D eigenvalue weighted by molar-refractivity contribution is -0.138. The van der Waals surface area contributed by atoms with E-state index in [1.54, 1.807) is 6.07 Å². The van der Waals surface area contributed by atoms with Crippen molar-refractivity contribution in [2.75, 3.05) is 19.6 Å². The predicted octanol–water partition coefficient (Wildman–Crippen LogP) is 1.13. The van der Waals surface area contributed by atoms with Crippen LogP contribution in [0.4, 0.5) is 0 Å². The van der Waals surface area contributed by atoms with E-state index in [0.29, 0.717) is 18.8 Å². The molecule has 1 amide bonds. The first-order valence-electron chi connectivity index (χ1n) is 7.29. The van der Waals surface area contributed by atoms with Gasteiger partial charge in [0.05, 0.1) is 17.2 Å². The Morgan fingerprint density at radius 3 is 3.10 bits per heavy atom. The molecule has 1 aromatic rings. The molecule has 1 fully saturated rings. The minimum atomic E-state index is -0.959. The molecule has 114 valence electrons. The first-order valence-corrected chi connectivity index (χ1v) is 7.29. The van der Waals surface area contributed by atoms with E-state index in [4.69, 9.17) is 5.11 Å². The molecule has 0 spiro atoms. The van der Waals surface area contributed by atoms with Crippen molar-refractivity contribution in [2.24, 2.45) is 5.92 Å². The van der Waals surface area contributed by atoms with Crippen LogP contribution in [0.1, 0.15) is 35.8 Å². The number of pyridine rings is 1. The number of nitrogens with one attached hydrogen (secondary N) is 1. The van der Waals surface area contributed by atoms with Crippen LogP contribution in [0.25, 0.3) is 0 Å². The molecule has 0 saturated carbocycles. The molecule has 1 aliphatic heterocycles. The number of rotatable bonds is 6. The average molecular weight is 291 g/mol. The molecule has 1 aliphatic rings. The summed E-state index contributed by atoms with van der Waals surface area (Å²) in [5, 5.41) is 12.1. The van der Waals surface area contributed by atoms with Crippen molar-refractivity contribution >= 4 is 11.9 Å². The van der Waals surface area contributed by atoms with Crippen LogP contribution in [0.5, 0.6) is 0 Å². The zero-order chi connectivity index (χ0) is 15.2. The second-order valence-corrected chi connectivity index (χ2v) is 5.23. The number of carboxylic acids is 1. The van der Waals surface area contributed by atoms with Crippen molar-refractivity contribution in [3.05, 3.63) is 29.6 Å². The fourth-order valence-electron chi connectivity index (χ4n) is 2.61. The first-order chi connectivity index (χ1) is 10.1. The molecule has 21 heavy (non-hydrogen) atoms. The summed E-state index contributed by atoms with van der Waals surface area (Å²) in [6, 6.07) is 3.02. The molecule has 2 heterocycles. The maximum absolute atomic E-state index is 12.1. The minimum Gasteiger partial charge on any atom is -0.478 e. The summed E-state index contributed by atoms with van der Waals surface area (Å²) >= 11 is 0. The summed E-state index contributed by atoms with van der Waals surface area (Å²) in [5.74, 6) is -0.732. The van der Waals surface area contributed by atoms with Crippen molar-refractivity contribution in [1.82, 2.24) is 15.2 Å². The molecule has 2 N–H and O–H groups in total. The van der Waals surface area contributed by atoms with Gasteiger partial charge in [-0.05, 0) is 31.9 Å². The third kappa shape index (κ3) is 4.01. The van der Waals surface area contributed by atoms with Crippen LogP contribution in [0.15, 0.2) is 18.3 Å². The number of carbonyl (C=O) groups is 2. The molecule has 0 aliphatic carbocycles. The second kappa shape index (κ2) is 7.17. The van der Waals surface area contributed by atoms with E-state index >= 15 is 0 Å². The van der Waals surface area contributed by atoms with Gasteiger partial charge < -0.3 is 15.3 Å². The highest BCUT2D eigenvalue weighted by molar-refractivity contribution is 5.87. The van der Waals surface area contributed by atoms with E-state index in [2.05, 4.69) is 10.3 Å². The highest BCUT2D eigenvalue weighted by atomic mass is 16.4. The minimum absolute atomic E-state index is 0.0151. The van der Waals surface area contributed by atoms with Crippen LogP contribution in [0.2, 0.25) is 0 Å². The number of hydrogen-bond donors (Lipinski definition) is 2. The Morgan fingerprint density at radius 1 is 1.57 bits per heavy atom. The Balaban J connectivity index is 1.85. The normalized spacial score (nSPS) is 18.8. The lowest BCUT2D eigenvalue weighted by Gasteiger charge is -2.31. The SMILES string of the molecule is CCN1CCCC(CNCc2cc(C(=O)O)ccn2)C1=O. The van der Waals surface area contributed by atoms with Crippen LogP contribution >= 0.6 is 0 Å². The van der Waals surface area contributed by atoms with Crippen LogP contribution in [-0.4, -0.2) is 46.5 Å². The zero-order valence-corrected chi connectivity index (χ0v) is 12.2. The van der Waals surface area contributed by atoms with E-state index in [0.717, 1.165) is 25.9 Å². The van der Waals surface area contributed by atoms with Crippen molar-refractivity contribution in [2.45, 2.75) is 26.3 Å². The third-order valence-electron chi connectivity index (χ3n) is 3.78. The molecule has 1 unspecified atom stereocenters. The van der Waals surface area contributed by atoms with Gasteiger partial charge in [-0.2, -0.15) is 0 Å². The van der Waals surface area contributed by atoms with E-state index in [9.17, 15) is 9.59 Å². The molecule has 1 saturated heterocycles. The predicted molar refractivity (Wildman–Crippen MR) is 77.9 cm³/mol. The van der Waals surface area contributed by atoms with Gasteiger partial charge in [0.25, 0.3) is 0 Å². The first kappa shape index (κ1) is 15.4. The van der Waals surface area contributed by atoms with Gasteiger partial charge in [0.15, 0.2) is 0 Å². The van der Waals surface area contributed by atoms with Crippen molar-refractivity contribution < 1.29 is 14.7 Å². The largest absolute Gasteiger partial charge is 0.478 e. The summed E-state index contributed by atoms with van der Waals surface area (Å²) < 4.78 is 0. The van der Waals surface area contributed by atoms with Gasteiger partial charge in [-0.15, -0.1) is 0 Å². The van der Waals surface area contributed by atoms with Crippen LogP contribution in [-0.2, 0) is 11.3 Å². The third-order valence-corrected chi connectivity index (χ3v) is 3.78. The van der Waals surface area contributed by atoms with E-state index < -0.39 is 5.97 Å². The van der Waals surface area contributed by atoms with Gasteiger partial charge in [0, 0.05) is 32.4 Å². The molecule has 1 atom stereocenters. The zero-order valence-electron chi connectivity index (χ0n) is 12.2. The monoisotopic (exact) mass is 291 g/mol. The molecule has 0 radical (unpaired) electrons. The summed E-state index contributed by atoms with van der Waals surface area (Å²) in [6.45, 7) is 4.69. The highest BCUT2D eigenvalue weighted by Gasteiger charge is 2.27. The van der Waals surface area contributed by atoms with Crippen molar-refractivity contribution in [3.63, 3.8) is 0 Å². The Labute approximate surface area is 124 Å². The van der Waals surface area contributed by atoms with E-state index in [1.807, 2.05) is 11.8 Å². The fourth-order valence-corrected chi connectivity index (χ4v) is 2.61. The molecule has 6 nitrogen and oxygen atoms in total. The summed E-state index contributed by atoms with van der Waals surface area (Å²) in [6.07, 6.45) is 3.44. The Morgan fingerprint density at radius 2 is 2.38 bits per heavy atom. The number of aromatic nitrogens is 1. The van der Waals surface area contributed by atoms with Crippen molar-refractivity contribution in [1.29, 1.82) is 0 Å². The summed E-state index contributed by atoms with van der Waals surface area (Å²) in [7, 11) is 0. The molecular formula is C15H21N3O3.